The van der Waals surface area contributed by atoms with Gasteiger partial charge in [0.05, 0.1) is 16.2 Å². The predicted molar refractivity (Wildman–Crippen MR) is 102 cm³/mol. The van der Waals surface area contributed by atoms with Crippen LogP contribution in [0.15, 0.2) is 35.7 Å². The second kappa shape index (κ2) is 6.94. The first-order valence-electron chi connectivity index (χ1n) is 7.88. The first-order chi connectivity index (χ1) is 12.4. The lowest BCUT2D eigenvalue weighted by atomic mass is 10.1. The molecule has 0 atom stereocenters. The van der Waals surface area contributed by atoms with Crippen LogP contribution < -0.4 is 0 Å². The zero-order chi connectivity index (χ0) is 18.8. The van der Waals surface area contributed by atoms with Gasteiger partial charge >= 0.3 is 0 Å². The fraction of sp³-hybridized carbons (Fsp3) is 0.158. The minimum atomic E-state index is -0.406. The van der Waals surface area contributed by atoms with Gasteiger partial charge in [-0.2, -0.15) is 5.26 Å². The van der Waals surface area contributed by atoms with Crippen LogP contribution in [0.2, 0.25) is 0 Å². The Hall–Kier alpha value is -3.24. The van der Waals surface area contributed by atoms with Crippen LogP contribution >= 0.6 is 11.3 Å². The quantitative estimate of drug-likeness (QED) is 0.377. The van der Waals surface area contributed by atoms with Crippen LogP contribution in [-0.4, -0.2) is 14.5 Å². The van der Waals surface area contributed by atoms with Crippen LogP contribution in [0.1, 0.15) is 27.7 Å². The molecule has 7 heteroatoms. The largest absolute Gasteiger partial charge is 0.318 e. The number of thiazole rings is 1. The minimum absolute atomic E-state index is 0.0445. The summed E-state index contributed by atoms with van der Waals surface area (Å²) in [5.74, 6) is 0. The lowest BCUT2D eigenvalue weighted by Gasteiger charge is -2.09. The summed E-state index contributed by atoms with van der Waals surface area (Å²) in [7, 11) is 0. The number of nitro benzene ring substituents is 1. The summed E-state index contributed by atoms with van der Waals surface area (Å²) in [5, 5.41) is 23.1. The lowest BCUT2D eigenvalue weighted by molar-refractivity contribution is -0.384. The molecule has 26 heavy (non-hydrogen) atoms. The van der Waals surface area contributed by atoms with Crippen molar-refractivity contribution in [3.8, 4) is 11.8 Å². The van der Waals surface area contributed by atoms with Gasteiger partial charge in [0.15, 0.2) is 0 Å². The van der Waals surface area contributed by atoms with Gasteiger partial charge < -0.3 is 4.57 Å². The van der Waals surface area contributed by atoms with Crippen LogP contribution in [0.3, 0.4) is 0 Å². The van der Waals surface area contributed by atoms with Gasteiger partial charge in [-0.15, -0.1) is 11.3 Å². The van der Waals surface area contributed by atoms with Crippen LogP contribution in [0, 0.1) is 42.2 Å². The van der Waals surface area contributed by atoms with Gasteiger partial charge in [-0.1, -0.05) is 6.07 Å². The van der Waals surface area contributed by atoms with Crippen molar-refractivity contribution in [3.05, 3.63) is 73.5 Å². The van der Waals surface area contributed by atoms with Crippen molar-refractivity contribution < 1.29 is 4.92 Å². The number of allylic oxidation sites excluding steroid dienone is 1. The minimum Gasteiger partial charge on any atom is -0.318 e. The lowest BCUT2D eigenvalue weighted by Crippen LogP contribution is -2.00. The van der Waals surface area contributed by atoms with Crippen molar-refractivity contribution in [3.63, 3.8) is 0 Å². The molecule has 0 aliphatic rings. The van der Waals surface area contributed by atoms with E-state index in [2.05, 4.69) is 11.1 Å². The maximum Gasteiger partial charge on any atom is 0.271 e. The third-order valence-corrected chi connectivity index (χ3v) is 5.03. The molecule has 0 saturated heterocycles. The number of hydrogen-bond donors (Lipinski definition) is 0. The molecule has 3 aromatic rings. The molecule has 0 N–H and O–H groups in total. The van der Waals surface area contributed by atoms with Crippen molar-refractivity contribution in [1.82, 2.24) is 9.55 Å². The Morgan fingerprint density at radius 3 is 2.73 bits per heavy atom. The van der Waals surface area contributed by atoms with E-state index >= 15 is 0 Å². The number of non-ortho nitro benzene ring substituents is 1. The van der Waals surface area contributed by atoms with E-state index in [4.69, 9.17) is 0 Å². The van der Waals surface area contributed by atoms with Gasteiger partial charge in [0, 0.05) is 34.6 Å². The van der Waals surface area contributed by atoms with E-state index in [9.17, 15) is 15.4 Å². The molecule has 6 nitrogen and oxygen atoms in total. The van der Waals surface area contributed by atoms with Crippen LogP contribution in [0.25, 0.3) is 17.3 Å². The molecule has 0 spiro atoms. The Morgan fingerprint density at radius 2 is 2.12 bits per heavy atom. The van der Waals surface area contributed by atoms with Gasteiger partial charge in [0.25, 0.3) is 5.69 Å². The SMILES string of the molecule is Cc1csc(/C(C#N)=C/c2cc(C)n(-c3cccc([N+](=O)[O-])c3)c2C)n1. The van der Waals surface area contributed by atoms with E-state index < -0.39 is 4.92 Å². The van der Waals surface area contributed by atoms with E-state index in [1.165, 1.54) is 17.4 Å². The van der Waals surface area contributed by atoms with Crippen molar-refractivity contribution in [2.45, 2.75) is 20.8 Å². The molecule has 0 aliphatic heterocycles. The molecule has 130 valence electrons. The maximum absolute atomic E-state index is 11.0. The van der Waals surface area contributed by atoms with Gasteiger partial charge in [0.2, 0.25) is 0 Å². The smallest absolute Gasteiger partial charge is 0.271 e. The molecule has 2 aromatic heterocycles. The summed E-state index contributed by atoms with van der Waals surface area (Å²) in [6.45, 7) is 5.76. The molecule has 0 amide bonds. The zero-order valence-corrected chi connectivity index (χ0v) is 15.4. The Kier molecular flexibility index (Phi) is 4.69. The maximum atomic E-state index is 11.0. The first-order valence-corrected chi connectivity index (χ1v) is 8.76. The number of nitro groups is 1. The number of rotatable bonds is 4. The summed E-state index contributed by atoms with van der Waals surface area (Å²) < 4.78 is 1.95. The summed E-state index contributed by atoms with van der Waals surface area (Å²) in [6.07, 6.45) is 1.81. The van der Waals surface area contributed by atoms with Crippen molar-refractivity contribution in [2.75, 3.05) is 0 Å². The molecule has 0 saturated carbocycles. The number of nitrogens with zero attached hydrogens (tertiary/aromatic N) is 4. The molecule has 2 heterocycles. The van der Waals surface area contributed by atoms with Crippen LogP contribution in [0.4, 0.5) is 5.69 Å². The molecule has 0 bridgehead atoms. The summed E-state index contributed by atoms with van der Waals surface area (Å²) in [6, 6.07) is 10.7. The molecule has 3 rings (SSSR count). The van der Waals surface area contributed by atoms with E-state index in [0.717, 1.165) is 28.3 Å². The number of aromatic nitrogens is 2. The fourth-order valence-electron chi connectivity index (χ4n) is 2.85. The first kappa shape index (κ1) is 17.6. The van der Waals surface area contributed by atoms with Crippen LogP contribution in [0.5, 0.6) is 0 Å². The monoisotopic (exact) mass is 364 g/mol. The predicted octanol–water partition coefficient (Wildman–Crippen LogP) is 4.83. The molecule has 0 aliphatic carbocycles. The Morgan fingerprint density at radius 1 is 1.35 bits per heavy atom. The Bertz CT molecular complexity index is 1070. The highest BCUT2D eigenvalue weighted by atomic mass is 32.1. The van der Waals surface area contributed by atoms with E-state index in [1.54, 1.807) is 12.1 Å². The highest BCUT2D eigenvalue weighted by molar-refractivity contribution is 7.11. The van der Waals surface area contributed by atoms with Gasteiger partial charge in [-0.25, -0.2) is 4.98 Å². The molecular weight excluding hydrogens is 348 g/mol. The summed E-state index contributed by atoms with van der Waals surface area (Å²) in [4.78, 5) is 15.0. The summed E-state index contributed by atoms with van der Waals surface area (Å²) in [5.41, 5.74) is 4.88. The topological polar surface area (TPSA) is 84.8 Å². The number of nitriles is 1. The van der Waals surface area contributed by atoms with Gasteiger partial charge in [-0.3, -0.25) is 10.1 Å². The molecule has 1 aromatic carbocycles. The van der Waals surface area contributed by atoms with Gasteiger partial charge in [0.1, 0.15) is 11.1 Å². The van der Waals surface area contributed by atoms with Crippen LogP contribution in [-0.2, 0) is 0 Å². The summed E-state index contributed by atoms with van der Waals surface area (Å²) >= 11 is 1.44. The third kappa shape index (κ3) is 3.27. The van der Waals surface area contributed by atoms with E-state index in [-0.39, 0.29) is 5.69 Å². The fourth-order valence-corrected chi connectivity index (χ4v) is 3.61. The molecule has 0 fully saturated rings. The number of benzene rings is 1. The number of hydrogen-bond acceptors (Lipinski definition) is 5. The second-order valence-corrected chi connectivity index (χ2v) is 6.76. The second-order valence-electron chi connectivity index (χ2n) is 5.90. The molecular formula is C19H16N4O2S. The zero-order valence-electron chi connectivity index (χ0n) is 14.6. The van der Waals surface area contributed by atoms with Gasteiger partial charge in [-0.05, 0) is 44.5 Å². The Labute approximate surface area is 154 Å². The molecule has 0 radical (unpaired) electrons. The third-order valence-electron chi connectivity index (χ3n) is 4.04. The highest BCUT2D eigenvalue weighted by Crippen LogP contribution is 2.27. The van der Waals surface area contributed by atoms with Crippen molar-refractivity contribution in [1.29, 1.82) is 5.26 Å². The van der Waals surface area contributed by atoms with Crippen molar-refractivity contribution in [2.24, 2.45) is 0 Å². The average Bonchev–Trinajstić information content (AvgIpc) is 3.16. The highest BCUT2D eigenvalue weighted by Gasteiger charge is 2.14. The molecule has 0 unspecified atom stereocenters. The van der Waals surface area contributed by atoms with Crippen molar-refractivity contribution >= 4 is 28.7 Å². The number of aryl methyl sites for hydroxylation is 2. The van der Waals surface area contributed by atoms with E-state index in [1.807, 2.05) is 48.9 Å². The normalized spacial score (nSPS) is 11.4. The van der Waals surface area contributed by atoms with E-state index in [0.29, 0.717) is 10.6 Å². The Balaban J connectivity index is 2.09. The standard InChI is InChI=1S/C19H16N4O2S/c1-12-11-26-19(21-12)16(10-20)8-15-7-13(2)22(14(15)3)17-5-4-6-18(9-17)23(24)25/h4-9,11H,1-3H3/b16-8+. The average molecular weight is 364 g/mol.